The lowest BCUT2D eigenvalue weighted by Gasteiger charge is -2.08. The van der Waals surface area contributed by atoms with Crippen LogP contribution < -0.4 is 11.5 Å². The molecule has 2 rings (SSSR count). The number of carbonyl (C=O) groups is 1. The van der Waals surface area contributed by atoms with E-state index in [2.05, 4.69) is 9.97 Å². The molecule has 2 aromatic heterocycles. The van der Waals surface area contributed by atoms with E-state index in [1.165, 1.54) is 24.5 Å². The molecule has 0 amide bonds. The summed E-state index contributed by atoms with van der Waals surface area (Å²) in [5.41, 5.74) is 11.2. The van der Waals surface area contributed by atoms with Gasteiger partial charge in [-0.3, -0.25) is 0 Å². The fraction of sp³-hybridized carbons (Fsp3) is 0.267. The quantitative estimate of drug-likeness (QED) is 0.773. The summed E-state index contributed by atoms with van der Waals surface area (Å²) in [4.78, 5) is 18.6. The monoisotopic (exact) mass is 338 g/mol. The summed E-state index contributed by atoms with van der Waals surface area (Å²) in [7, 11) is 0. The van der Waals surface area contributed by atoms with Crippen molar-refractivity contribution in [3.63, 3.8) is 0 Å². The Kier molecular flexibility index (Phi) is 5.83. The van der Waals surface area contributed by atoms with Gasteiger partial charge in [0.2, 0.25) is 0 Å². The van der Waals surface area contributed by atoms with E-state index < -0.39 is 17.8 Å². The standard InChI is InChI=1S/C15H16F2N4O3/c16-11-9(1-5-20-13(11)18)3-7-23-15(22)24-8-4-10-2-6-21-14(19)12(10)17/h1-2,5-6H,3-4,7-8H2,(H2,18,20)(H2,19,21). The predicted octanol–water partition coefficient (Wildman–Crippen LogP) is 1.86. The number of hydrogen-bond donors (Lipinski definition) is 2. The van der Waals surface area contributed by atoms with Crippen molar-refractivity contribution in [3.8, 4) is 0 Å². The first-order valence-electron chi connectivity index (χ1n) is 7.06. The third-order valence-electron chi connectivity index (χ3n) is 3.17. The lowest BCUT2D eigenvalue weighted by molar-refractivity contribution is 0.0566. The molecular formula is C15H16F2N4O3. The number of nitrogens with zero attached hydrogens (tertiary/aromatic N) is 2. The summed E-state index contributed by atoms with van der Waals surface area (Å²) < 4.78 is 36.8. The van der Waals surface area contributed by atoms with Gasteiger partial charge in [0, 0.05) is 25.2 Å². The highest BCUT2D eigenvalue weighted by atomic mass is 19.1. The third-order valence-corrected chi connectivity index (χ3v) is 3.17. The molecule has 0 aliphatic carbocycles. The molecule has 0 aromatic carbocycles. The fourth-order valence-electron chi connectivity index (χ4n) is 1.92. The number of pyridine rings is 2. The Balaban J connectivity index is 1.72. The molecule has 0 aliphatic heterocycles. The molecule has 0 unspecified atom stereocenters. The lowest BCUT2D eigenvalue weighted by atomic mass is 10.2. The molecule has 0 atom stereocenters. The molecule has 2 aromatic rings. The molecule has 0 saturated carbocycles. The highest BCUT2D eigenvalue weighted by Crippen LogP contribution is 2.13. The number of hydrogen-bond acceptors (Lipinski definition) is 7. The second kappa shape index (κ2) is 8.04. The maximum atomic E-state index is 13.6. The number of ether oxygens (including phenoxy) is 2. The van der Waals surface area contributed by atoms with E-state index in [9.17, 15) is 13.6 Å². The maximum Gasteiger partial charge on any atom is 0.508 e. The van der Waals surface area contributed by atoms with Gasteiger partial charge in [-0.1, -0.05) is 0 Å². The van der Waals surface area contributed by atoms with Crippen molar-refractivity contribution in [1.29, 1.82) is 0 Å². The number of halogens is 2. The van der Waals surface area contributed by atoms with Crippen molar-refractivity contribution < 1.29 is 23.0 Å². The fourth-order valence-corrected chi connectivity index (χ4v) is 1.92. The van der Waals surface area contributed by atoms with Crippen LogP contribution in [0.5, 0.6) is 0 Å². The van der Waals surface area contributed by atoms with E-state index in [4.69, 9.17) is 20.9 Å². The number of nitrogens with two attached hydrogens (primary N) is 2. The Labute approximate surface area is 136 Å². The summed E-state index contributed by atoms with van der Waals surface area (Å²) >= 11 is 0. The Morgan fingerprint density at radius 3 is 1.75 bits per heavy atom. The zero-order valence-corrected chi connectivity index (χ0v) is 12.7. The van der Waals surface area contributed by atoms with Crippen LogP contribution >= 0.6 is 0 Å². The lowest BCUT2D eigenvalue weighted by Crippen LogP contribution is -2.13. The van der Waals surface area contributed by atoms with Crippen molar-refractivity contribution in [2.75, 3.05) is 24.7 Å². The maximum absolute atomic E-state index is 13.6. The Hall–Kier alpha value is -2.97. The second-order valence-electron chi connectivity index (χ2n) is 4.79. The van der Waals surface area contributed by atoms with Crippen LogP contribution in [0.15, 0.2) is 24.5 Å². The smallest absolute Gasteiger partial charge is 0.434 e. The van der Waals surface area contributed by atoms with Crippen LogP contribution in [0.25, 0.3) is 0 Å². The van der Waals surface area contributed by atoms with Crippen molar-refractivity contribution in [2.45, 2.75) is 12.8 Å². The zero-order chi connectivity index (χ0) is 17.5. The molecule has 0 bridgehead atoms. The summed E-state index contributed by atoms with van der Waals surface area (Å²) in [6.45, 7) is -0.175. The van der Waals surface area contributed by atoms with Gasteiger partial charge in [-0.25, -0.2) is 23.5 Å². The molecule has 0 spiro atoms. The number of nitrogen functional groups attached to an aromatic ring is 2. The minimum Gasteiger partial charge on any atom is -0.434 e. The summed E-state index contributed by atoms with van der Waals surface area (Å²) in [6.07, 6.45) is 2.05. The number of aromatic nitrogens is 2. The molecule has 7 nitrogen and oxygen atoms in total. The predicted molar refractivity (Wildman–Crippen MR) is 81.9 cm³/mol. The summed E-state index contributed by atoms with van der Waals surface area (Å²) in [5, 5.41) is 0. The molecular weight excluding hydrogens is 322 g/mol. The van der Waals surface area contributed by atoms with Crippen LogP contribution in [-0.2, 0) is 22.3 Å². The van der Waals surface area contributed by atoms with Gasteiger partial charge in [0.05, 0.1) is 13.2 Å². The van der Waals surface area contributed by atoms with Crippen molar-refractivity contribution in [1.82, 2.24) is 9.97 Å². The van der Waals surface area contributed by atoms with E-state index in [-0.39, 0.29) is 48.8 Å². The highest BCUT2D eigenvalue weighted by Gasteiger charge is 2.10. The van der Waals surface area contributed by atoms with E-state index in [0.29, 0.717) is 0 Å². The highest BCUT2D eigenvalue weighted by molar-refractivity contribution is 5.59. The molecule has 0 fully saturated rings. The topological polar surface area (TPSA) is 113 Å². The van der Waals surface area contributed by atoms with Gasteiger partial charge >= 0.3 is 6.16 Å². The van der Waals surface area contributed by atoms with Crippen molar-refractivity contribution >= 4 is 17.8 Å². The van der Waals surface area contributed by atoms with Crippen LogP contribution in [0.4, 0.5) is 25.2 Å². The molecule has 24 heavy (non-hydrogen) atoms. The Morgan fingerprint density at radius 1 is 0.917 bits per heavy atom. The molecule has 0 aliphatic rings. The van der Waals surface area contributed by atoms with Crippen LogP contribution in [-0.4, -0.2) is 29.3 Å². The van der Waals surface area contributed by atoms with E-state index in [0.717, 1.165) is 0 Å². The molecule has 0 radical (unpaired) electrons. The van der Waals surface area contributed by atoms with Gasteiger partial charge < -0.3 is 20.9 Å². The Morgan fingerprint density at radius 2 is 1.33 bits per heavy atom. The van der Waals surface area contributed by atoms with Gasteiger partial charge in [-0.05, 0) is 23.3 Å². The van der Waals surface area contributed by atoms with Crippen LogP contribution in [0, 0.1) is 11.6 Å². The molecule has 0 saturated heterocycles. The third kappa shape index (κ3) is 4.51. The first-order chi connectivity index (χ1) is 11.5. The largest absolute Gasteiger partial charge is 0.508 e. The Bertz CT molecular complexity index is 668. The van der Waals surface area contributed by atoms with Crippen LogP contribution in [0.1, 0.15) is 11.1 Å². The minimum absolute atomic E-state index is 0.0875. The minimum atomic E-state index is -0.931. The normalized spacial score (nSPS) is 10.4. The number of anilines is 2. The van der Waals surface area contributed by atoms with Gasteiger partial charge in [0.15, 0.2) is 23.3 Å². The SMILES string of the molecule is Nc1nccc(CCOC(=O)OCCc2ccnc(N)c2F)c1F. The summed E-state index contributed by atoms with van der Waals surface area (Å²) in [5.74, 6) is -1.71. The van der Waals surface area contributed by atoms with Gasteiger partial charge in [0.25, 0.3) is 0 Å². The first kappa shape index (κ1) is 17.4. The van der Waals surface area contributed by atoms with Crippen LogP contribution in [0.2, 0.25) is 0 Å². The molecule has 2 heterocycles. The van der Waals surface area contributed by atoms with Gasteiger partial charge in [0.1, 0.15) is 0 Å². The number of rotatable bonds is 6. The van der Waals surface area contributed by atoms with Gasteiger partial charge in [-0.15, -0.1) is 0 Å². The summed E-state index contributed by atoms with van der Waals surface area (Å²) in [6, 6.07) is 2.88. The average molecular weight is 338 g/mol. The van der Waals surface area contributed by atoms with Crippen molar-refractivity contribution in [2.24, 2.45) is 0 Å². The molecule has 9 heteroatoms. The van der Waals surface area contributed by atoms with Crippen molar-refractivity contribution in [3.05, 3.63) is 47.3 Å². The second-order valence-corrected chi connectivity index (χ2v) is 4.79. The molecule has 4 N–H and O–H groups in total. The molecule has 128 valence electrons. The van der Waals surface area contributed by atoms with E-state index in [1.807, 2.05) is 0 Å². The van der Waals surface area contributed by atoms with E-state index in [1.54, 1.807) is 0 Å². The number of carbonyl (C=O) groups excluding carboxylic acids is 1. The van der Waals surface area contributed by atoms with Crippen LogP contribution in [0.3, 0.4) is 0 Å². The van der Waals surface area contributed by atoms with E-state index >= 15 is 0 Å². The average Bonchev–Trinajstić information content (AvgIpc) is 2.55. The van der Waals surface area contributed by atoms with Gasteiger partial charge in [-0.2, -0.15) is 0 Å². The first-order valence-corrected chi connectivity index (χ1v) is 7.06. The zero-order valence-electron chi connectivity index (χ0n) is 12.7.